The van der Waals surface area contributed by atoms with Crippen LogP contribution in [0.1, 0.15) is 34.9 Å². The Morgan fingerprint density at radius 1 is 1.17 bits per heavy atom. The van der Waals surface area contributed by atoms with Gasteiger partial charge in [-0.15, -0.1) is 0 Å². The predicted molar refractivity (Wildman–Crippen MR) is 74.7 cm³/mol. The lowest BCUT2D eigenvalue weighted by Gasteiger charge is -2.17. The van der Waals surface area contributed by atoms with Gasteiger partial charge in [0.15, 0.2) is 0 Å². The largest absolute Gasteiger partial charge is 0.469 e. The van der Waals surface area contributed by atoms with Gasteiger partial charge in [-0.3, -0.25) is 0 Å². The standard InChI is InChI=1S/C16H21NO/c1-12-6-7-14(11-13(12)2)16(17-3)9-8-15-5-4-10-18-15/h4-7,10-11,16-17H,8-9H2,1-3H3. The molecule has 0 radical (unpaired) electrons. The number of hydrogen-bond donors (Lipinski definition) is 1. The number of rotatable bonds is 5. The molecule has 2 aromatic rings. The lowest BCUT2D eigenvalue weighted by molar-refractivity contribution is 0.469. The van der Waals surface area contributed by atoms with Crippen molar-refractivity contribution in [3.63, 3.8) is 0 Å². The first-order valence-electron chi connectivity index (χ1n) is 6.47. The third-order valence-electron chi connectivity index (χ3n) is 3.54. The Kier molecular flexibility index (Phi) is 4.21. The van der Waals surface area contributed by atoms with Crippen molar-refractivity contribution in [2.75, 3.05) is 7.05 Å². The summed E-state index contributed by atoms with van der Waals surface area (Å²) in [6.45, 7) is 4.31. The van der Waals surface area contributed by atoms with E-state index in [1.165, 1.54) is 16.7 Å². The van der Waals surface area contributed by atoms with Gasteiger partial charge in [-0.2, -0.15) is 0 Å². The van der Waals surface area contributed by atoms with E-state index in [-0.39, 0.29) is 0 Å². The molecule has 1 unspecified atom stereocenters. The van der Waals surface area contributed by atoms with Crippen molar-refractivity contribution in [2.45, 2.75) is 32.7 Å². The highest BCUT2D eigenvalue weighted by atomic mass is 16.3. The highest BCUT2D eigenvalue weighted by Gasteiger charge is 2.10. The normalized spacial score (nSPS) is 12.6. The predicted octanol–water partition coefficient (Wildman–Crippen LogP) is 3.79. The number of hydrogen-bond acceptors (Lipinski definition) is 2. The van der Waals surface area contributed by atoms with E-state index in [4.69, 9.17) is 4.42 Å². The highest BCUT2D eigenvalue weighted by Crippen LogP contribution is 2.21. The maximum absolute atomic E-state index is 5.38. The molecule has 0 fully saturated rings. The minimum atomic E-state index is 0.384. The van der Waals surface area contributed by atoms with Crippen LogP contribution in [0.25, 0.3) is 0 Å². The maximum atomic E-state index is 5.38. The van der Waals surface area contributed by atoms with Gasteiger partial charge < -0.3 is 9.73 Å². The SMILES string of the molecule is CNC(CCc1ccco1)c1ccc(C)c(C)c1. The zero-order chi connectivity index (χ0) is 13.0. The van der Waals surface area contributed by atoms with Crippen molar-refractivity contribution in [3.05, 3.63) is 59.0 Å². The first-order valence-corrected chi connectivity index (χ1v) is 6.47. The van der Waals surface area contributed by atoms with Gasteiger partial charge in [0, 0.05) is 12.5 Å². The van der Waals surface area contributed by atoms with Crippen LogP contribution in [0, 0.1) is 13.8 Å². The Hall–Kier alpha value is -1.54. The van der Waals surface area contributed by atoms with E-state index in [9.17, 15) is 0 Å². The van der Waals surface area contributed by atoms with Gasteiger partial charge in [0.2, 0.25) is 0 Å². The second-order valence-corrected chi connectivity index (χ2v) is 4.80. The molecule has 18 heavy (non-hydrogen) atoms. The monoisotopic (exact) mass is 243 g/mol. The molecule has 0 bridgehead atoms. The van der Waals surface area contributed by atoms with E-state index in [2.05, 4.69) is 37.4 Å². The number of benzene rings is 1. The summed E-state index contributed by atoms with van der Waals surface area (Å²) in [5.74, 6) is 1.05. The number of nitrogens with one attached hydrogen (secondary N) is 1. The summed E-state index contributed by atoms with van der Waals surface area (Å²) in [5, 5.41) is 3.39. The minimum Gasteiger partial charge on any atom is -0.469 e. The first-order chi connectivity index (χ1) is 8.70. The van der Waals surface area contributed by atoms with Crippen LogP contribution in [0.2, 0.25) is 0 Å². The fourth-order valence-corrected chi connectivity index (χ4v) is 2.20. The zero-order valence-electron chi connectivity index (χ0n) is 11.4. The van der Waals surface area contributed by atoms with E-state index in [1.807, 2.05) is 19.2 Å². The van der Waals surface area contributed by atoms with Gasteiger partial charge in [-0.1, -0.05) is 18.2 Å². The molecule has 0 aliphatic carbocycles. The molecule has 0 amide bonds. The van der Waals surface area contributed by atoms with Crippen molar-refractivity contribution in [3.8, 4) is 0 Å². The number of furan rings is 1. The Bertz CT molecular complexity index is 488. The van der Waals surface area contributed by atoms with Gasteiger partial charge >= 0.3 is 0 Å². The fraction of sp³-hybridized carbons (Fsp3) is 0.375. The Labute approximate surface area is 109 Å². The molecule has 1 heterocycles. The van der Waals surface area contributed by atoms with Gasteiger partial charge in [0.25, 0.3) is 0 Å². The summed E-state index contributed by atoms with van der Waals surface area (Å²) in [5.41, 5.74) is 4.05. The Morgan fingerprint density at radius 3 is 2.61 bits per heavy atom. The van der Waals surface area contributed by atoms with Crippen molar-refractivity contribution in [1.82, 2.24) is 5.32 Å². The molecule has 0 aliphatic heterocycles. The molecular weight excluding hydrogens is 222 g/mol. The van der Waals surface area contributed by atoms with Gasteiger partial charge in [0.1, 0.15) is 5.76 Å². The van der Waals surface area contributed by atoms with Crippen LogP contribution in [0.3, 0.4) is 0 Å². The molecule has 1 aromatic heterocycles. The van der Waals surface area contributed by atoms with Gasteiger partial charge in [-0.05, 0) is 56.1 Å². The maximum Gasteiger partial charge on any atom is 0.103 e. The average molecular weight is 243 g/mol. The molecule has 0 saturated heterocycles. The molecule has 1 atom stereocenters. The smallest absolute Gasteiger partial charge is 0.103 e. The van der Waals surface area contributed by atoms with E-state index in [0.717, 1.165) is 18.6 Å². The molecule has 2 heteroatoms. The molecule has 1 aromatic carbocycles. The van der Waals surface area contributed by atoms with E-state index in [1.54, 1.807) is 6.26 Å². The molecular formula is C16H21NO. The molecule has 0 aliphatic rings. The van der Waals surface area contributed by atoms with Crippen molar-refractivity contribution in [2.24, 2.45) is 0 Å². The lowest BCUT2D eigenvalue weighted by Crippen LogP contribution is -2.17. The van der Waals surface area contributed by atoms with Crippen molar-refractivity contribution >= 4 is 0 Å². The molecule has 0 spiro atoms. The molecule has 1 N–H and O–H groups in total. The summed E-state index contributed by atoms with van der Waals surface area (Å²) < 4.78 is 5.38. The first kappa shape index (κ1) is 12.9. The fourth-order valence-electron chi connectivity index (χ4n) is 2.20. The minimum absolute atomic E-state index is 0.384. The second kappa shape index (κ2) is 5.87. The zero-order valence-corrected chi connectivity index (χ0v) is 11.4. The van der Waals surface area contributed by atoms with Gasteiger partial charge in [-0.25, -0.2) is 0 Å². The molecule has 96 valence electrons. The summed E-state index contributed by atoms with van der Waals surface area (Å²) in [7, 11) is 2.02. The van der Waals surface area contributed by atoms with E-state index in [0.29, 0.717) is 6.04 Å². The van der Waals surface area contributed by atoms with E-state index >= 15 is 0 Å². The molecule has 2 nitrogen and oxygen atoms in total. The third-order valence-corrected chi connectivity index (χ3v) is 3.54. The summed E-state index contributed by atoms with van der Waals surface area (Å²) >= 11 is 0. The van der Waals surface area contributed by atoms with Crippen LogP contribution in [0.5, 0.6) is 0 Å². The summed E-state index contributed by atoms with van der Waals surface area (Å²) in [6.07, 6.45) is 3.75. The number of aryl methyl sites for hydroxylation is 3. The quantitative estimate of drug-likeness (QED) is 0.864. The van der Waals surface area contributed by atoms with Crippen molar-refractivity contribution < 1.29 is 4.42 Å². The average Bonchev–Trinajstić information content (AvgIpc) is 2.87. The van der Waals surface area contributed by atoms with Crippen LogP contribution in [0.15, 0.2) is 41.0 Å². The Balaban J connectivity index is 2.05. The summed E-state index contributed by atoms with van der Waals surface area (Å²) in [4.78, 5) is 0. The van der Waals surface area contributed by atoms with Crippen LogP contribution in [-0.4, -0.2) is 7.05 Å². The summed E-state index contributed by atoms with van der Waals surface area (Å²) in [6, 6.07) is 11.0. The molecule has 2 rings (SSSR count). The third kappa shape index (κ3) is 3.02. The van der Waals surface area contributed by atoms with Crippen LogP contribution in [0.4, 0.5) is 0 Å². The van der Waals surface area contributed by atoms with Crippen LogP contribution >= 0.6 is 0 Å². The Morgan fingerprint density at radius 2 is 2.00 bits per heavy atom. The van der Waals surface area contributed by atoms with E-state index < -0.39 is 0 Å². The topological polar surface area (TPSA) is 25.2 Å². The second-order valence-electron chi connectivity index (χ2n) is 4.80. The van der Waals surface area contributed by atoms with Crippen LogP contribution < -0.4 is 5.32 Å². The molecule has 0 saturated carbocycles. The highest BCUT2D eigenvalue weighted by molar-refractivity contribution is 5.31. The lowest BCUT2D eigenvalue weighted by atomic mass is 9.97. The van der Waals surface area contributed by atoms with Gasteiger partial charge in [0.05, 0.1) is 6.26 Å². The van der Waals surface area contributed by atoms with Crippen molar-refractivity contribution in [1.29, 1.82) is 0 Å². The van der Waals surface area contributed by atoms with Crippen LogP contribution in [-0.2, 0) is 6.42 Å².